The minimum atomic E-state index is -3.50. The number of sulfonamides is 1. The summed E-state index contributed by atoms with van der Waals surface area (Å²) in [6.45, 7) is 9.20. The fourth-order valence-electron chi connectivity index (χ4n) is 1.60. The van der Waals surface area contributed by atoms with Gasteiger partial charge < -0.3 is 5.11 Å². The second-order valence-electron chi connectivity index (χ2n) is 4.29. The average Bonchev–Trinajstić information content (AvgIpc) is 2.67. The third kappa shape index (κ3) is 3.00. The van der Waals surface area contributed by atoms with E-state index in [-0.39, 0.29) is 23.4 Å². The Balaban J connectivity index is 3.21. The van der Waals surface area contributed by atoms with Crippen molar-refractivity contribution >= 4 is 21.4 Å². The number of thiophene rings is 1. The van der Waals surface area contributed by atoms with Crippen molar-refractivity contribution in [3.8, 4) is 0 Å². The summed E-state index contributed by atoms with van der Waals surface area (Å²) in [6.07, 6.45) is 1.57. The molecule has 1 heterocycles. The topological polar surface area (TPSA) is 57.6 Å². The number of aryl methyl sites for hydroxylation is 1. The second kappa shape index (κ2) is 5.97. The fourth-order valence-corrected chi connectivity index (χ4v) is 4.79. The highest BCUT2D eigenvalue weighted by atomic mass is 32.2. The molecular formula is C12H19NO3S2. The molecule has 0 unspecified atom stereocenters. The summed E-state index contributed by atoms with van der Waals surface area (Å²) in [7, 11) is -3.50. The lowest BCUT2D eigenvalue weighted by molar-refractivity contribution is 0.285. The van der Waals surface area contributed by atoms with Gasteiger partial charge in [0.25, 0.3) is 10.0 Å². The molecule has 1 aromatic heterocycles. The molecule has 0 aliphatic rings. The third-order valence-electron chi connectivity index (χ3n) is 2.59. The molecular weight excluding hydrogens is 270 g/mol. The van der Waals surface area contributed by atoms with E-state index in [1.165, 1.54) is 4.31 Å². The maximum absolute atomic E-state index is 12.5. The van der Waals surface area contributed by atoms with Gasteiger partial charge in [0.2, 0.25) is 0 Å². The Kier molecular flexibility index (Phi) is 5.10. The van der Waals surface area contributed by atoms with Crippen LogP contribution in [0, 0.1) is 6.92 Å². The largest absolute Gasteiger partial charge is 0.391 e. The average molecular weight is 289 g/mol. The van der Waals surface area contributed by atoms with E-state index in [2.05, 4.69) is 6.58 Å². The SMILES string of the molecule is C=CCN(C(C)C)S(=O)(=O)c1cc(C)c(CO)s1. The van der Waals surface area contributed by atoms with Gasteiger partial charge in [-0.05, 0) is 32.4 Å². The number of aliphatic hydroxyl groups excluding tert-OH is 1. The van der Waals surface area contributed by atoms with Gasteiger partial charge in [-0.15, -0.1) is 17.9 Å². The van der Waals surface area contributed by atoms with Crippen molar-refractivity contribution in [1.29, 1.82) is 0 Å². The molecule has 0 aliphatic carbocycles. The fraction of sp³-hybridized carbons (Fsp3) is 0.500. The first kappa shape index (κ1) is 15.4. The van der Waals surface area contributed by atoms with Gasteiger partial charge >= 0.3 is 0 Å². The minimum Gasteiger partial charge on any atom is -0.391 e. The van der Waals surface area contributed by atoms with Gasteiger partial charge in [-0.2, -0.15) is 4.31 Å². The lowest BCUT2D eigenvalue weighted by Gasteiger charge is -2.23. The molecule has 0 radical (unpaired) electrons. The Morgan fingerprint density at radius 2 is 2.17 bits per heavy atom. The van der Waals surface area contributed by atoms with Crippen LogP contribution in [0.25, 0.3) is 0 Å². The summed E-state index contributed by atoms with van der Waals surface area (Å²) < 4.78 is 26.6. The third-order valence-corrected chi connectivity index (χ3v) is 6.30. The molecule has 0 saturated heterocycles. The number of hydrogen-bond acceptors (Lipinski definition) is 4. The van der Waals surface area contributed by atoms with E-state index in [4.69, 9.17) is 5.11 Å². The molecule has 1 N–H and O–H groups in total. The predicted octanol–water partition coefficient (Wildman–Crippen LogP) is 2.13. The van der Waals surface area contributed by atoms with Gasteiger partial charge in [-0.25, -0.2) is 8.42 Å². The highest BCUT2D eigenvalue weighted by Crippen LogP contribution is 2.29. The van der Waals surface area contributed by atoms with E-state index in [9.17, 15) is 8.42 Å². The molecule has 0 spiro atoms. The molecule has 0 fully saturated rings. The van der Waals surface area contributed by atoms with Gasteiger partial charge in [0.15, 0.2) is 0 Å². The van der Waals surface area contributed by atoms with Crippen molar-refractivity contribution in [2.45, 2.75) is 37.6 Å². The highest BCUT2D eigenvalue weighted by Gasteiger charge is 2.28. The van der Waals surface area contributed by atoms with Crippen molar-refractivity contribution in [2.24, 2.45) is 0 Å². The zero-order valence-corrected chi connectivity index (χ0v) is 12.5. The molecule has 4 nitrogen and oxygen atoms in total. The summed E-state index contributed by atoms with van der Waals surface area (Å²) in [5, 5.41) is 9.13. The van der Waals surface area contributed by atoms with Crippen molar-refractivity contribution in [2.75, 3.05) is 6.54 Å². The standard InChI is InChI=1S/C12H19NO3S2/c1-5-6-13(9(2)3)18(15,16)12-7-10(4)11(8-14)17-12/h5,7,9,14H,1,6,8H2,2-4H3. The molecule has 0 bridgehead atoms. The first-order chi connectivity index (χ1) is 8.34. The quantitative estimate of drug-likeness (QED) is 0.816. The number of hydrogen-bond donors (Lipinski definition) is 1. The first-order valence-corrected chi connectivity index (χ1v) is 7.93. The number of nitrogens with zero attached hydrogens (tertiary/aromatic N) is 1. The van der Waals surface area contributed by atoms with Crippen LogP contribution in [0.15, 0.2) is 22.9 Å². The van der Waals surface area contributed by atoms with E-state index in [1.807, 2.05) is 13.8 Å². The second-order valence-corrected chi connectivity index (χ2v) is 7.54. The van der Waals surface area contributed by atoms with Crippen LogP contribution >= 0.6 is 11.3 Å². The van der Waals surface area contributed by atoms with E-state index in [1.54, 1.807) is 19.1 Å². The predicted molar refractivity (Wildman–Crippen MR) is 74.2 cm³/mol. The summed E-state index contributed by atoms with van der Waals surface area (Å²) in [5.41, 5.74) is 0.809. The van der Waals surface area contributed by atoms with Crippen LogP contribution in [0.5, 0.6) is 0 Å². The van der Waals surface area contributed by atoms with Crippen molar-refractivity contribution in [3.63, 3.8) is 0 Å². The van der Waals surface area contributed by atoms with Gasteiger partial charge in [-0.3, -0.25) is 0 Å². The first-order valence-electron chi connectivity index (χ1n) is 5.67. The molecule has 0 saturated carbocycles. The van der Waals surface area contributed by atoms with E-state index < -0.39 is 10.0 Å². The van der Waals surface area contributed by atoms with Crippen LogP contribution in [-0.4, -0.2) is 30.4 Å². The molecule has 0 amide bonds. The van der Waals surface area contributed by atoms with Crippen LogP contribution in [-0.2, 0) is 16.6 Å². The van der Waals surface area contributed by atoms with Crippen LogP contribution in [0.1, 0.15) is 24.3 Å². The van der Waals surface area contributed by atoms with Crippen LogP contribution in [0.4, 0.5) is 0 Å². The lowest BCUT2D eigenvalue weighted by atomic mass is 10.3. The maximum Gasteiger partial charge on any atom is 0.253 e. The zero-order chi connectivity index (χ0) is 13.9. The van der Waals surface area contributed by atoms with Crippen molar-refractivity contribution in [1.82, 2.24) is 4.31 Å². The van der Waals surface area contributed by atoms with Crippen molar-refractivity contribution < 1.29 is 13.5 Å². The molecule has 1 rings (SSSR count). The van der Waals surface area contributed by atoms with Gasteiger partial charge in [0.1, 0.15) is 4.21 Å². The molecule has 0 aromatic carbocycles. The Bertz CT molecular complexity index is 517. The highest BCUT2D eigenvalue weighted by molar-refractivity contribution is 7.91. The van der Waals surface area contributed by atoms with Gasteiger partial charge in [-0.1, -0.05) is 6.08 Å². The molecule has 0 atom stereocenters. The van der Waals surface area contributed by atoms with Gasteiger partial charge in [0.05, 0.1) is 6.61 Å². The van der Waals surface area contributed by atoms with Crippen LogP contribution < -0.4 is 0 Å². The Morgan fingerprint density at radius 3 is 2.56 bits per heavy atom. The number of rotatable bonds is 6. The monoisotopic (exact) mass is 289 g/mol. The minimum absolute atomic E-state index is 0.130. The summed E-state index contributed by atoms with van der Waals surface area (Å²) in [6, 6.07) is 1.48. The smallest absolute Gasteiger partial charge is 0.253 e. The Labute approximate surface area is 113 Å². The van der Waals surface area contributed by atoms with Crippen LogP contribution in [0.2, 0.25) is 0 Å². The number of aliphatic hydroxyl groups is 1. The summed E-state index contributed by atoms with van der Waals surface area (Å²) >= 11 is 1.12. The van der Waals surface area contributed by atoms with E-state index in [0.717, 1.165) is 16.9 Å². The Morgan fingerprint density at radius 1 is 1.56 bits per heavy atom. The molecule has 1 aromatic rings. The zero-order valence-electron chi connectivity index (χ0n) is 10.9. The van der Waals surface area contributed by atoms with Crippen LogP contribution in [0.3, 0.4) is 0 Å². The van der Waals surface area contributed by atoms with Gasteiger partial charge in [0, 0.05) is 17.5 Å². The molecule has 102 valence electrons. The molecule has 6 heteroatoms. The Hall–Kier alpha value is -0.690. The maximum atomic E-state index is 12.5. The molecule has 0 aliphatic heterocycles. The lowest BCUT2D eigenvalue weighted by Crippen LogP contribution is -2.36. The normalized spacial score (nSPS) is 12.3. The summed E-state index contributed by atoms with van der Waals surface area (Å²) in [5.74, 6) is 0. The van der Waals surface area contributed by atoms with Crippen molar-refractivity contribution in [3.05, 3.63) is 29.2 Å². The van der Waals surface area contributed by atoms with E-state index >= 15 is 0 Å². The summed E-state index contributed by atoms with van der Waals surface area (Å²) in [4.78, 5) is 0.691. The molecule has 18 heavy (non-hydrogen) atoms. The van der Waals surface area contributed by atoms with E-state index in [0.29, 0.717) is 4.88 Å².